The predicted molar refractivity (Wildman–Crippen MR) is 141 cm³/mol. The van der Waals surface area contributed by atoms with Crippen molar-refractivity contribution in [2.45, 2.75) is 39.8 Å². The Morgan fingerprint density at radius 3 is 2.29 bits per heavy atom. The minimum absolute atomic E-state index is 0.187. The number of anilines is 1. The smallest absolute Gasteiger partial charge is 0.244 e. The second-order valence-corrected chi connectivity index (χ2v) is 10.6. The van der Waals surface area contributed by atoms with Crippen molar-refractivity contribution in [3.05, 3.63) is 77.9 Å². The third kappa shape index (κ3) is 6.60. The number of benzene rings is 3. The Bertz CT molecular complexity index is 1280. The summed E-state index contributed by atoms with van der Waals surface area (Å²) in [6.45, 7) is 5.87. The highest BCUT2D eigenvalue weighted by atomic mass is 32.2. The number of hydrogen-bond acceptors (Lipinski definition) is 4. The van der Waals surface area contributed by atoms with Crippen LogP contribution in [0.1, 0.15) is 31.4 Å². The van der Waals surface area contributed by atoms with Gasteiger partial charge in [0.15, 0.2) is 0 Å². The molecule has 3 rings (SSSR count). The Morgan fingerprint density at radius 2 is 1.63 bits per heavy atom. The molecule has 7 nitrogen and oxygen atoms in total. The van der Waals surface area contributed by atoms with Crippen LogP contribution in [0.4, 0.5) is 5.69 Å². The maximum Gasteiger partial charge on any atom is 0.244 e. The molecule has 3 aromatic carbocycles. The molecule has 0 aromatic heterocycles. The van der Waals surface area contributed by atoms with Crippen molar-refractivity contribution in [1.29, 1.82) is 0 Å². The van der Waals surface area contributed by atoms with Gasteiger partial charge in [0, 0.05) is 18.5 Å². The first kappa shape index (κ1) is 26.2. The summed E-state index contributed by atoms with van der Waals surface area (Å²) in [7, 11) is -3.79. The summed E-state index contributed by atoms with van der Waals surface area (Å²) in [5.41, 5.74) is 2.37. The Balaban J connectivity index is 1.97. The fraction of sp³-hybridized carbons (Fsp3) is 0.333. The molecule has 0 heterocycles. The van der Waals surface area contributed by atoms with Crippen molar-refractivity contribution in [2.75, 3.05) is 23.7 Å². The minimum atomic E-state index is -3.79. The molecule has 0 aliphatic rings. The molecule has 0 fully saturated rings. The van der Waals surface area contributed by atoms with E-state index in [2.05, 4.69) is 5.32 Å². The molecular formula is C27H33N3O4S. The molecule has 186 valence electrons. The van der Waals surface area contributed by atoms with Crippen molar-refractivity contribution >= 4 is 38.3 Å². The molecular weight excluding hydrogens is 462 g/mol. The van der Waals surface area contributed by atoms with E-state index in [4.69, 9.17) is 0 Å². The van der Waals surface area contributed by atoms with E-state index in [0.29, 0.717) is 12.2 Å². The second kappa shape index (κ2) is 11.4. The zero-order valence-electron chi connectivity index (χ0n) is 20.7. The lowest BCUT2D eigenvalue weighted by Crippen LogP contribution is -2.51. The van der Waals surface area contributed by atoms with Crippen LogP contribution in [0.3, 0.4) is 0 Å². The first-order valence-electron chi connectivity index (χ1n) is 11.7. The van der Waals surface area contributed by atoms with Crippen molar-refractivity contribution in [3.63, 3.8) is 0 Å². The van der Waals surface area contributed by atoms with Gasteiger partial charge >= 0.3 is 0 Å². The largest absolute Gasteiger partial charge is 0.354 e. The van der Waals surface area contributed by atoms with Crippen LogP contribution in [-0.2, 0) is 26.2 Å². The molecule has 0 saturated heterocycles. The maximum atomic E-state index is 13.6. The van der Waals surface area contributed by atoms with Crippen LogP contribution < -0.4 is 9.62 Å². The Labute approximate surface area is 207 Å². The molecule has 8 heteroatoms. The average molecular weight is 496 g/mol. The number of carbonyl (C=O) groups is 2. The Morgan fingerprint density at radius 1 is 0.971 bits per heavy atom. The average Bonchev–Trinajstić information content (AvgIpc) is 2.84. The summed E-state index contributed by atoms with van der Waals surface area (Å²) < 4.78 is 26.8. The number of nitrogens with one attached hydrogen (secondary N) is 1. The quantitative estimate of drug-likeness (QED) is 0.463. The lowest BCUT2D eigenvalue weighted by atomic mass is 10.1. The molecule has 1 atom stereocenters. The summed E-state index contributed by atoms with van der Waals surface area (Å²) in [4.78, 5) is 27.9. The van der Waals surface area contributed by atoms with Crippen LogP contribution in [0.15, 0.2) is 66.7 Å². The van der Waals surface area contributed by atoms with E-state index in [1.807, 2.05) is 68.4 Å². The van der Waals surface area contributed by atoms with Crippen molar-refractivity contribution in [2.24, 2.45) is 0 Å². The van der Waals surface area contributed by atoms with Gasteiger partial charge in [-0.25, -0.2) is 8.42 Å². The molecule has 0 aliphatic heterocycles. The lowest BCUT2D eigenvalue weighted by molar-refractivity contribution is -0.139. The van der Waals surface area contributed by atoms with Crippen LogP contribution in [0.2, 0.25) is 0 Å². The van der Waals surface area contributed by atoms with Gasteiger partial charge in [-0.1, -0.05) is 73.2 Å². The molecule has 0 radical (unpaired) electrons. The molecule has 1 N–H and O–H groups in total. The van der Waals surface area contributed by atoms with E-state index in [-0.39, 0.29) is 12.5 Å². The van der Waals surface area contributed by atoms with E-state index >= 15 is 0 Å². The molecule has 0 unspecified atom stereocenters. The van der Waals surface area contributed by atoms with Crippen molar-refractivity contribution < 1.29 is 18.0 Å². The summed E-state index contributed by atoms with van der Waals surface area (Å²) in [5, 5.41) is 4.44. The van der Waals surface area contributed by atoms with Gasteiger partial charge in [0.2, 0.25) is 21.8 Å². The minimum Gasteiger partial charge on any atom is -0.354 e. The lowest BCUT2D eigenvalue weighted by Gasteiger charge is -2.31. The Kier molecular flexibility index (Phi) is 8.51. The molecule has 2 amide bonds. The van der Waals surface area contributed by atoms with Crippen molar-refractivity contribution in [3.8, 4) is 0 Å². The standard InChI is InChI=1S/C27H33N3O4S/c1-5-17-28-27(32)21(3)29(18-22-15-13-20(2)14-16-22)26(31)19-30(35(4,33)34)25-12-8-10-23-9-6-7-11-24(23)25/h6-16,21H,5,17-19H2,1-4H3,(H,28,32)/t21-/m1/s1. The van der Waals surface area contributed by atoms with E-state index in [9.17, 15) is 18.0 Å². The van der Waals surface area contributed by atoms with Crippen LogP contribution in [0.5, 0.6) is 0 Å². The monoisotopic (exact) mass is 495 g/mol. The van der Waals surface area contributed by atoms with Crippen LogP contribution in [0, 0.1) is 6.92 Å². The van der Waals surface area contributed by atoms with Gasteiger partial charge < -0.3 is 10.2 Å². The third-order valence-corrected chi connectivity index (χ3v) is 7.03. The Hall–Kier alpha value is -3.39. The first-order chi connectivity index (χ1) is 16.6. The van der Waals surface area contributed by atoms with Crippen LogP contribution >= 0.6 is 0 Å². The van der Waals surface area contributed by atoms with E-state index in [1.165, 1.54) is 4.90 Å². The number of fused-ring (bicyclic) bond motifs is 1. The van der Waals surface area contributed by atoms with E-state index < -0.39 is 28.5 Å². The molecule has 3 aromatic rings. The highest BCUT2D eigenvalue weighted by Gasteiger charge is 2.30. The molecule has 35 heavy (non-hydrogen) atoms. The van der Waals surface area contributed by atoms with Gasteiger partial charge in [-0.2, -0.15) is 0 Å². The summed E-state index contributed by atoms with van der Waals surface area (Å²) >= 11 is 0. The molecule has 0 aliphatic carbocycles. The molecule has 0 bridgehead atoms. The van der Waals surface area contributed by atoms with Crippen LogP contribution in [-0.4, -0.2) is 50.5 Å². The zero-order chi connectivity index (χ0) is 25.6. The van der Waals surface area contributed by atoms with Crippen molar-refractivity contribution in [1.82, 2.24) is 10.2 Å². The second-order valence-electron chi connectivity index (χ2n) is 8.74. The number of hydrogen-bond donors (Lipinski definition) is 1. The molecule has 0 spiro atoms. The van der Waals surface area contributed by atoms with E-state index in [1.54, 1.807) is 19.1 Å². The topological polar surface area (TPSA) is 86.8 Å². The number of rotatable bonds is 10. The number of amides is 2. The summed E-state index contributed by atoms with van der Waals surface area (Å²) in [6, 6.07) is 19.7. The van der Waals surface area contributed by atoms with Gasteiger partial charge in [0.25, 0.3) is 0 Å². The highest BCUT2D eigenvalue weighted by molar-refractivity contribution is 7.92. The zero-order valence-corrected chi connectivity index (χ0v) is 21.5. The SMILES string of the molecule is CCCNC(=O)[C@@H](C)N(Cc1ccc(C)cc1)C(=O)CN(c1cccc2ccccc12)S(C)(=O)=O. The van der Waals surface area contributed by atoms with Gasteiger partial charge in [0.05, 0.1) is 11.9 Å². The fourth-order valence-corrected chi connectivity index (χ4v) is 4.75. The summed E-state index contributed by atoms with van der Waals surface area (Å²) in [6.07, 6.45) is 1.86. The van der Waals surface area contributed by atoms with Gasteiger partial charge in [-0.15, -0.1) is 0 Å². The number of aryl methyl sites for hydroxylation is 1. The molecule has 0 saturated carbocycles. The van der Waals surface area contributed by atoms with Gasteiger partial charge in [0.1, 0.15) is 12.6 Å². The van der Waals surface area contributed by atoms with E-state index in [0.717, 1.165) is 38.9 Å². The number of nitrogens with zero attached hydrogens (tertiary/aromatic N) is 2. The predicted octanol–water partition coefficient (Wildman–Crippen LogP) is 3.86. The fourth-order valence-electron chi connectivity index (χ4n) is 3.89. The van der Waals surface area contributed by atoms with Gasteiger partial charge in [-0.3, -0.25) is 13.9 Å². The summed E-state index contributed by atoms with van der Waals surface area (Å²) in [5.74, 6) is -0.730. The third-order valence-electron chi connectivity index (χ3n) is 5.90. The first-order valence-corrected chi connectivity index (χ1v) is 13.5. The van der Waals surface area contributed by atoms with Crippen LogP contribution in [0.25, 0.3) is 10.8 Å². The maximum absolute atomic E-state index is 13.6. The normalized spacial score (nSPS) is 12.2. The van der Waals surface area contributed by atoms with Gasteiger partial charge in [-0.05, 0) is 37.3 Å². The number of carbonyl (C=O) groups excluding carboxylic acids is 2. The number of sulfonamides is 1. The highest BCUT2D eigenvalue weighted by Crippen LogP contribution is 2.28.